The number of rotatable bonds is 4. The Kier molecular flexibility index (Phi) is 4.88. The van der Waals surface area contributed by atoms with Crippen molar-refractivity contribution < 1.29 is 24.6 Å². The molecule has 1 heterocycles. The SMILES string of the molecule is O=C(O)c1ccc(C=C2SC(=S)N(c3ccc(C(=O)O)cc3)C2=O)cc1. The molecule has 1 amide bonds. The number of carboxylic acid groups (broad SMARTS) is 2. The fraction of sp³-hybridized carbons (Fsp3) is 0. The third-order valence-electron chi connectivity index (χ3n) is 3.62. The third-order valence-corrected chi connectivity index (χ3v) is 4.92. The number of hydrogen-bond donors (Lipinski definition) is 2. The number of carboxylic acids is 2. The summed E-state index contributed by atoms with van der Waals surface area (Å²) < 4.78 is 0.339. The molecule has 1 aliphatic rings. The van der Waals surface area contributed by atoms with E-state index in [0.717, 1.165) is 11.8 Å². The highest BCUT2D eigenvalue weighted by Crippen LogP contribution is 2.36. The maximum absolute atomic E-state index is 12.7. The van der Waals surface area contributed by atoms with Crippen LogP contribution in [0, 0.1) is 0 Å². The molecule has 1 aliphatic heterocycles. The Hall–Kier alpha value is -2.97. The number of carbonyl (C=O) groups is 3. The van der Waals surface area contributed by atoms with Gasteiger partial charge in [-0.15, -0.1) is 0 Å². The van der Waals surface area contributed by atoms with Gasteiger partial charge in [0.25, 0.3) is 5.91 Å². The van der Waals surface area contributed by atoms with Crippen molar-refractivity contribution in [1.29, 1.82) is 0 Å². The Bertz CT molecular complexity index is 949. The molecule has 130 valence electrons. The number of anilines is 1. The van der Waals surface area contributed by atoms with Gasteiger partial charge in [0.05, 0.1) is 21.7 Å². The Morgan fingerprint density at radius 2 is 1.42 bits per heavy atom. The molecule has 0 atom stereocenters. The van der Waals surface area contributed by atoms with E-state index >= 15 is 0 Å². The van der Waals surface area contributed by atoms with Crippen LogP contribution in [-0.2, 0) is 4.79 Å². The summed E-state index contributed by atoms with van der Waals surface area (Å²) in [7, 11) is 0. The van der Waals surface area contributed by atoms with Gasteiger partial charge in [-0.3, -0.25) is 9.69 Å². The predicted octanol–water partition coefficient (Wildman–Crippen LogP) is 3.49. The van der Waals surface area contributed by atoms with Gasteiger partial charge in [0, 0.05) is 0 Å². The molecule has 0 radical (unpaired) electrons. The van der Waals surface area contributed by atoms with Crippen molar-refractivity contribution in [3.05, 3.63) is 70.1 Å². The lowest BCUT2D eigenvalue weighted by Gasteiger charge is -2.14. The highest BCUT2D eigenvalue weighted by Gasteiger charge is 2.33. The normalized spacial score (nSPS) is 15.5. The summed E-state index contributed by atoms with van der Waals surface area (Å²) in [4.78, 5) is 36.2. The van der Waals surface area contributed by atoms with Crippen LogP contribution in [0.15, 0.2) is 53.4 Å². The zero-order valence-corrected chi connectivity index (χ0v) is 14.7. The summed E-state index contributed by atoms with van der Waals surface area (Å²) >= 11 is 6.39. The number of thiocarbonyl (C=S) groups is 1. The summed E-state index contributed by atoms with van der Waals surface area (Å²) in [5.74, 6) is -2.38. The van der Waals surface area contributed by atoms with Gasteiger partial charge >= 0.3 is 11.9 Å². The standard InChI is InChI=1S/C18H11NO5S2/c20-15-14(9-10-1-3-11(4-2-10)16(21)22)26-18(25)19(15)13-7-5-12(6-8-13)17(23)24/h1-9H,(H,21,22)(H,23,24). The zero-order chi connectivity index (χ0) is 18.8. The van der Waals surface area contributed by atoms with Gasteiger partial charge in [0.1, 0.15) is 0 Å². The van der Waals surface area contributed by atoms with Crippen molar-refractivity contribution >= 4 is 57.9 Å². The molecule has 1 fully saturated rings. The van der Waals surface area contributed by atoms with E-state index in [4.69, 9.17) is 22.4 Å². The smallest absolute Gasteiger partial charge is 0.335 e. The number of carbonyl (C=O) groups excluding carboxylic acids is 1. The first-order valence-corrected chi connectivity index (χ1v) is 8.54. The molecule has 26 heavy (non-hydrogen) atoms. The van der Waals surface area contributed by atoms with E-state index < -0.39 is 11.9 Å². The van der Waals surface area contributed by atoms with Crippen LogP contribution in [0.5, 0.6) is 0 Å². The van der Waals surface area contributed by atoms with Gasteiger partial charge < -0.3 is 10.2 Å². The van der Waals surface area contributed by atoms with E-state index in [1.807, 2.05) is 0 Å². The van der Waals surface area contributed by atoms with Crippen molar-refractivity contribution in [3.63, 3.8) is 0 Å². The number of thioether (sulfide) groups is 1. The van der Waals surface area contributed by atoms with Crippen LogP contribution in [-0.4, -0.2) is 32.4 Å². The molecular weight excluding hydrogens is 374 g/mol. The maximum atomic E-state index is 12.7. The molecule has 1 saturated heterocycles. The van der Waals surface area contributed by atoms with E-state index in [2.05, 4.69) is 0 Å². The Balaban J connectivity index is 1.86. The van der Waals surface area contributed by atoms with Crippen LogP contribution in [0.25, 0.3) is 6.08 Å². The van der Waals surface area contributed by atoms with Crippen LogP contribution in [0.4, 0.5) is 5.69 Å². The molecular formula is C18H11NO5S2. The van der Waals surface area contributed by atoms with Crippen LogP contribution < -0.4 is 4.90 Å². The topological polar surface area (TPSA) is 94.9 Å². The first-order chi connectivity index (χ1) is 12.4. The van der Waals surface area contributed by atoms with Crippen LogP contribution >= 0.6 is 24.0 Å². The van der Waals surface area contributed by atoms with Crippen molar-refractivity contribution in [2.24, 2.45) is 0 Å². The maximum Gasteiger partial charge on any atom is 0.335 e. The van der Waals surface area contributed by atoms with Gasteiger partial charge in [-0.05, 0) is 48.0 Å². The van der Waals surface area contributed by atoms with Crippen molar-refractivity contribution in [1.82, 2.24) is 0 Å². The molecule has 0 aromatic heterocycles. The molecule has 2 N–H and O–H groups in total. The number of hydrogen-bond acceptors (Lipinski definition) is 5. The Labute approximate surface area is 157 Å². The third kappa shape index (κ3) is 3.51. The van der Waals surface area contributed by atoms with Crippen molar-refractivity contribution in [2.45, 2.75) is 0 Å². The Morgan fingerprint density at radius 3 is 1.92 bits per heavy atom. The first-order valence-electron chi connectivity index (χ1n) is 7.31. The van der Waals surface area contributed by atoms with Gasteiger partial charge in [-0.1, -0.05) is 36.1 Å². The Morgan fingerprint density at radius 1 is 0.923 bits per heavy atom. The van der Waals surface area contributed by atoms with Gasteiger partial charge in [0.2, 0.25) is 0 Å². The molecule has 0 bridgehead atoms. The molecule has 0 aliphatic carbocycles. The lowest BCUT2D eigenvalue weighted by molar-refractivity contribution is -0.113. The molecule has 0 unspecified atom stereocenters. The molecule has 3 rings (SSSR count). The molecule has 0 spiro atoms. The number of amides is 1. The minimum absolute atomic E-state index is 0.119. The number of benzene rings is 2. The highest BCUT2D eigenvalue weighted by atomic mass is 32.2. The second-order valence-corrected chi connectivity index (χ2v) is 6.97. The largest absolute Gasteiger partial charge is 0.478 e. The van der Waals surface area contributed by atoms with E-state index in [0.29, 0.717) is 20.5 Å². The molecule has 8 heteroatoms. The fourth-order valence-electron chi connectivity index (χ4n) is 2.32. The summed E-state index contributed by atoms with van der Waals surface area (Å²) in [5.41, 5.74) is 1.44. The number of aromatic carboxylic acids is 2. The fourth-order valence-corrected chi connectivity index (χ4v) is 3.62. The molecule has 2 aromatic rings. The average molecular weight is 385 g/mol. The molecule has 0 saturated carbocycles. The molecule has 6 nitrogen and oxygen atoms in total. The second-order valence-electron chi connectivity index (χ2n) is 5.30. The predicted molar refractivity (Wildman–Crippen MR) is 102 cm³/mol. The zero-order valence-electron chi connectivity index (χ0n) is 13.1. The van der Waals surface area contributed by atoms with Crippen LogP contribution in [0.2, 0.25) is 0 Å². The van der Waals surface area contributed by atoms with Gasteiger partial charge in [-0.2, -0.15) is 0 Å². The lowest BCUT2D eigenvalue weighted by atomic mass is 10.1. The molecule has 2 aromatic carbocycles. The monoisotopic (exact) mass is 385 g/mol. The minimum Gasteiger partial charge on any atom is -0.478 e. The van der Waals surface area contributed by atoms with Gasteiger partial charge in [-0.25, -0.2) is 9.59 Å². The van der Waals surface area contributed by atoms with E-state index in [1.54, 1.807) is 18.2 Å². The van der Waals surface area contributed by atoms with E-state index in [9.17, 15) is 14.4 Å². The van der Waals surface area contributed by atoms with E-state index in [-0.39, 0.29) is 17.0 Å². The lowest BCUT2D eigenvalue weighted by Crippen LogP contribution is -2.27. The average Bonchev–Trinajstić information content (AvgIpc) is 2.89. The highest BCUT2D eigenvalue weighted by molar-refractivity contribution is 8.27. The minimum atomic E-state index is -1.05. The summed E-state index contributed by atoms with van der Waals surface area (Å²) in [5, 5.41) is 17.9. The summed E-state index contributed by atoms with van der Waals surface area (Å²) in [6.45, 7) is 0. The van der Waals surface area contributed by atoms with E-state index in [1.165, 1.54) is 41.3 Å². The van der Waals surface area contributed by atoms with Crippen LogP contribution in [0.1, 0.15) is 26.3 Å². The summed E-state index contributed by atoms with van der Waals surface area (Å²) in [6, 6.07) is 12.0. The van der Waals surface area contributed by atoms with Crippen molar-refractivity contribution in [3.8, 4) is 0 Å². The van der Waals surface area contributed by atoms with Crippen molar-refractivity contribution in [2.75, 3.05) is 4.90 Å². The number of nitrogens with zero attached hydrogens (tertiary/aromatic N) is 1. The summed E-state index contributed by atoms with van der Waals surface area (Å²) in [6.07, 6.45) is 1.64. The van der Waals surface area contributed by atoms with Crippen LogP contribution in [0.3, 0.4) is 0 Å². The van der Waals surface area contributed by atoms with Gasteiger partial charge in [0.15, 0.2) is 4.32 Å². The first kappa shape index (κ1) is 17.8. The second kappa shape index (κ2) is 7.11. The quantitative estimate of drug-likeness (QED) is 0.614.